The van der Waals surface area contributed by atoms with Gasteiger partial charge >= 0.3 is 5.97 Å². The molecule has 6 heteroatoms. The Morgan fingerprint density at radius 2 is 2.05 bits per heavy atom. The van der Waals surface area contributed by atoms with Crippen LogP contribution in [-0.2, 0) is 0 Å². The van der Waals surface area contributed by atoms with Gasteiger partial charge in [-0.2, -0.15) is 0 Å². The quantitative estimate of drug-likeness (QED) is 0.753. The molecule has 19 heavy (non-hydrogen) atoms. The Labute approximate surface area is 113 Å². The summed E-state index contributed by atoms with van der Waals surface area (Å²) in [6.45, 7) is 1.57. The van der Waals surface area contributed by atoms with Crippen molar-refractivity contribution in [3.63, 3.8) is 0 Å². The Bertz CT molecular complexity index is 634. The van der Waals surface area contributed by atoms with E-state index in [0.717, 1.165) is 0 Å². The molecule has 2 rings (SSSR count). The number of carboxylic acid groups (broad SMARTS) is 1. The molecular weight excluding hydrogens is 266 g/mol. The van der Waals surface area contributed by atoms with Crippen LogP contribution in [0.1, 0.15) is 25.6 Å². The fraction of sp³-hybridized carbons (Fsp3) is 0.0769. The fourth-order valence-electron chi connectivity index (χ4n) is 1.62. The number of benzene rings is 1. The van der Waals surface area contributed by atoms with Crippen LogP contribution in [-0.4, -0.2) is 22.1 Å². The lowest BCUT2D eigenvalue weighted by molar-refractivity contribution is 0.0693. The molecule has 0 spiro atoms. The predicted molar refractivity (Wildman–Crippen MR) is 72.1 cm³/mol. The number of hydrogen-bond donors (Lipinski definition) is 3. The number of nitrogens with one attached hydrogen (secondary N) is 1. The molecule has 0 aliphatic rings. The molecular formula is C13H11NO4S. The Kier molecular flexibility index (Phi) is 3.52. The number of thiophene rings is 1. The van der Waals surface area contributed by atoms with E-state index in [4.69, 9.17) is 5.11 Å². The van der Waals surface area contributed by atoms with E-state index in [1.165, 1.54) is 23.5 Å². The molecule has 0 saturated carbocycles. The molecule has 2 aromatic rings. The molecule has 98 valence electrons. The summed E-state index contributed by atoms with van der Waals surface area (Å²) >= 11 is 1.29. The largest absolute Gasteiger partial charge is 0.507 e. The number of aryl methyl sites for hydroxylation is 1. The SMILES string of the molecule is Cc1cc(NC(=O)c2cccs2)cc(C(=O)O)c1O. The smallest absolute Gasteiger partial charge is 0.339 e. The van der Waals surface area contributed by atoms with E-state index in [2.05, 4.69) is 5.32 Å². The summed E-state index contributed by atoms with van der Waals surface area (Å²) in [5.41, 5.74) is 0.494. The summed E-state index contributed by atoms with van der Waals surface area (Å²) in [7, 11) is 0. The maximum absolute atomic E-state index is 11.8. The van der Waals surface area contributed by atoms with Gasteiger partial charge in [0, 0.05) is 5.69 Å². The third-order valence-electron chi connectivity index (χ3n) is 2.53. The zero-order valence-corrected chi connectivity index (χ0v) is 10.8. The van der Waals surface area contributed by atoms with Gasteiger partial charge in [0.1, 0.15) is 11.3 Å². The highest BCUT2D eigenvalue weighted by Gasteiger charge is 2.15. The van der Waals surface area contributed by atoms with Crippen molar-refractivity contribution in [3.8, 4) is 5.75 Å². The van der Waals surface area contributed by atoms with Crippen molar-refractivity contribution in [2.24, 2.45) is 0 Å². The molecule has 0 bridgehead atoms. The second-order valence-corrected chi connectivity index (χ2v) is 4.87. The number of hydrogen-bond acceptors (Lipinski definition) is 4. The molecule has 5 nitrogen and oxygen atoms in total. The first-order valence-corrected chi connectivity index (χ1v) is 6.28. The van der Waals surface area contributed by atoms with Crippen molar-refractivity contribution in [3.05, 3.63) is 45.6 Å². The van der Waals surface area contributed by atoms with Crippen LogP contribution < -0.4 is 5.32 Å². The van der Waals surface area contributed by atoms with Gasteiger partial charge in [-0.1, -0.05) is 6.07 Å². The van der Waals surface area contributed by atoms with Gasteiger partial charge in [0.2, 0.25) is 0 Å². The third kappa shape index (κ3) is 2.74. The zero-order valence-electron chi connectivity index (χ0n) is 10.0. The van der Waals surface area contributed by atoms with Crippen molar-refractivity contribution in [2.75, 3.05) is 5.32 Å². The summed E-state index contributed by atoms with van der Waals surface area (Å²) in [6.07, 6.45) is 0. The average Bonchev–Trinajstić information content (AvgIpc) is 2.86. The van der Waals surface area contributed by atoms with Gasteiger partial charge in [-0.25, -0.2) is 4.79 Å². The van der Waals surface area contributed by atoms with Crippen LogP contribution in [0, 0.1) is 6.92 Å². The third-order valence-corrected chi connectivity index (χ3v) is 3.40. The van der Waals surface area contributed by atoms with Crippen LogP contribution in [0.5, 0.6) is 5.75 Å². The second-order valence-electron chi connectivity index (χ2n) is 3.93. The summed E-state index contributed by atoms with van der Waals surface area (Å²) in [5.74, 6) is -1.84. The van der Waals surface area contributed by atoms with Crippen LogP contribution in [0.2, 0.25) is 0 Å². The van der Waals surface area contributed by atoms with Gasteiger partial charge < -0.3 is 15.5 Å². The zero-order chi connectivity index (χ0) is 14.0. The minimum Gasteiger partial charge on any atom is -0.507 e. The first-order chi connectivity index (χ1) is 8.99. The predicted octanol–water partition coefficient (Wildman–Crippen LogP) is 2.71. The summed E-state index contributed by atoms with van der Waals surface area (Å²) in [6, 6.07) is 6.18. The summed E-state index contributed by atoms with van der Waals surface area (Å²) in [4.78, 5) is 23.3. The Balaban J connectivity index is 2.31. The van der Waals surface area contributed by atoms with Gasteiger partial charge in [-0.15, -0.1) is 11.3 Å². The molecule has 1 aromatic carbocycles. The highest BCUT2D eigenvalue weighted by atomic mass is 32.1. The summed E-state index contributed by atoms with van der Waals surface area (Å²) < 4.78 is 0. The molecule has 0 atom stereocenters. The lowest BCUT2D eigenvalue weighted by atomic mass is 10.1. The van der Waals surface area contributed by atoms with E-state index >= 15 is 0 Å². The molecule has 0 saturated heterocycles. The molecule has 3 N–H and O–H groups in total. The highest BCUT2D eigenvalue weighted by molar-refractivity contribution is 7.12. The Hall–Kier alpha value is -2.34. The number of carbonyl (C=O) groups excluding carboxylic acids is 1. The molecule has 1 aromatic heterocycles. The van der Waals surface area contributed by atoms with Crippen LogP contribution in [0.15, 0.2) is 29.6 Å². The van der Waals surface area contributed by atoms with Gasteiger partial charge in [-0.3, -0.25) is 4.79 Å². The number of anilines is 1. The average molecular weight is 277 g/mol. The molecule has 0 unspecified atom stereocenters. The van der Waals surface area contributed by atoms with Crippen LogP contribution in [0.3, 0.4) is 0 Å². The van der Waals surface area contributed by atoms with E-state index in [0.29, 0.717) is 16.1 Å². The van der Waals surface area contributed by atoms with E-state index in [-0.39, 0.29) is 17.2 Å². The van der Waals surface area contributed by atoms with Gasteiger partial charge in [0.05, 0.1) is 4.88 Å². The highest BCUT2D eigenvalue weighted by Crippen LogP contribution is 2.27. The molecule has 0 aliphatic carbocycles. The number of aromatic hydroxyl groups is 1. The lowest BCUT2D eigenvalue weighted by Crippen LogP contribution is -2.11. The van der Waals surface area contributed by atoms with Crippen LogP contribution >= 0.6 is 11.3 Å². The fourth-order valence-corrected chi connectivity index (χ4v) is 2.23. The van der Waals surface area contributed by atoms with Crippen LogP contribution in [0.4, 0.5) is 5.69 Å². The summed E-state index contributed by atoms with van der Waals surface area (Å²) in [5, 5.41) is 23.0. The van der Waals surface area contributed by atoms with Crippen molar-refractivity contribution < 1.29 is 19.8 Å². The number of phenols is 1. The standard InChI is InChI=1S/C13H11NO4S/c1-7-5-8(6-9(11(7)15)13(17)18)14-12(16)10-3-2-4-19-10/h2-6,15H,1H3,(H,14,16)(H,17,18). The lowest BCUT2D eigenvalue weighted by Gasteiger charge is -2.09. The maximum atomic E-state index is 11.8. The number of amides is 1. The molecule has 1 amide bonds. The minimum atomic E-state index is -1.24. The van der Waals surface area contributed by atoms with Gasteiger partial charge in [0.15, 0.2) is 0 Å². The van der Waals surface area contributed by atoms with E-state index < -0.39 is 5.97 Å². The minimum absolute atomic E-state index is 0.235. The van der Waals surface area contributed by atoms with Crippen molar-refractivity contribution in [1.29, 1.82) is 0 Å². The van der Waals surface area contributed by atoms with E-state index in [9.17, 15) is 14.7 Å². The molecule has 1 heterocycles. The number of aromatic carboxylic acids is 1. The molecule has 0 fully saturated rings. The first-order valence-electron chi connectivity index (χ1n) is 5.41. The second kappa shape index (κ2) is 5.11. The van der Waals surface area contributed by atoms with Gasteiger partial charge in [-0.05, 0) is 36.1 Å². The van der Waals surface area contributed by atoms with Gasteiger partial charge in [0.25, 0.3) is 5.91 Å². The monoisotopic (exact) mass is 277 g/mol. The number of carbonyl (C=O) groups is 2. The Morgan fingerprint density at radius 3 is 2.63 bits per heavy atom. The van der Waals surface area contributed by atoms with E-state index in [1.54, 1.807) is 24.4 Å². The van der Waals surface area contributed by atoms with Crippen molar-refractivity contribution in [2.45, 2.75) is 6.92 Å². The van der Waals surface area contributed by atoms with Crippen molar-refractivity contribution >= 4 is 28.9 Å². The first kappa shape index (κ1) is 13.1. The molecule has 0 radical (unpaired) electrons. The maximum Gasteiger partial charge on any atom is 0.339 e. The number of carboxylic acids is 1. The molecule has 0 aliphatic heterocycles. The van der Waals surface area contributed by atoms with Crippen LogP contribution in [0.25, 0.3) is 0 Å². The normalized spacial score (nSPS) is 10.2. The van der Waals surface area contributed by atoms with E-state index in [1.807, 2.05) is 0 Å². The number of rotatable bonds is 3. The topological polar surface area (TPSA) is 86.6 Å². The Morgan fingerprint density at radius 1 is 1.32 bits per heavy atom. The van der Waals surface area contributed by atoms with Crippen molar-refractivity contribution in [1.82, 2.24) is 0 Å².